The summed E-state index contributed by atoms with van der Waals surface area (Å²) in [7, 11) is 0. The maximum Gasteiger partial charge on any atom is 0.238 e. The van der Waals surface area contributed by atoms with Crippen molar-refractivity contribution in [1.29, 1.82) is 0 Å². The number of carbonyl (C=O) groups is 1. The minimum absolute atomic E-state index is 0.0595. The molecule has 3 aromatic carbocycles. The van der Waals surface area contributed by atoms with Gasteiger partial charge in [-0.3, -0.25) is 10.1 Å². The Bertz CT molecular complexity index is 832. The SMILES string of the molecule is O=C(CNC(c1ccccc1)c1ccccc1)Nc1ccc(Br)cc1F. The number of amides is 1. The molecular weight excluding hydrogens is 395 g/mol. The molecule has 0 saturated heterocycles. The van der Waals surface area contributed by atoms with Crippen LogP contribution in [0.15, 0.2) is 83.3 Å². The highest BCUT2D eigenvalue weighted by Gasteiger charge is 2.15. The summed E-state index contributed by atoms with van der Waals surface area (Å²) in [5.74, 6) is -0.779. The van der Waals surface area contributed by atoms with E-state index in [9.17, 15) is 9.18 Å². The topological polar surface area (TPSA) is 41.1 Å². The second kappa shape index (κ2) is 8.74. The van der Waals surface area contributed by atoms with Crippen molar-refractivity contribution in [3.63, 3.8) is 0 Å². The van der Waals surface area contributed by atoms with E-state index < -0.39 is 5.82 Å². The Morgan fingerprint density at radius 3 is 2.04 bits per heavy atom. The Kier molecular flexibility index (Phi) is 6.15. The first-order chi connectivity index (χ1) is 12.6. The molecule has 0 bridgehead atoms. The molecule has 0 unspecified atom stereocenters. The van der Waals surface area contributed by atoms with Crippen molar-refractivity contribution < 1.29 is 9.18 Å². The number of halogens is 2. The number of hydrogen-bond acceptors (Lipinski definition) is 2. The summed E-state index contributed by atoms with van der Waals surface area (Å²) in [6.45, 7) is 0.0595. The summed E-state index contributed by atoms with van der Waals surface area (Å²) in [4.78, 5) is 12.3. The molecule has 0 aliphatic heterocycles. The Balaban J connectivity index is 1.71. The summed E-state index contributed by atoms with van der Waals surface area (Å²) in [6, 6.07) is 24.2. The van der Waals surface area contributed by atoms with E-state index in [0.717, 1.165) is 11.1 Å². The highest BCUT2D eigenvalue weighted by molar-refractivity contribution is 9.10. The number of benzene rings is 3. The summed E-state index contributed by atoms with van der Waals surface area (Å²) >= 11 is 3.20. The molecule has 132 valence electrons. The summed E-state index contributed by atoms with van der Waals surface area (Å²) in [6.07, 6.45) is 0. The Morgan fingerprint density at radius 2 is 1.50 bits per heavy atom. The third-order valence-electron chi connectivity index (χ3n) is 3.94. The molecule has 26 heavy (non-hydrogen) atoms. The van der Waals surface area contributed by atoms with Crippen LogP contribution in [0.25, 0.3) is 0 Å². The normalized spacial score (nSPS) is 10.7. The number of carbonyl (C=O) groups excluding carboxylic acids is 1. The van der Waals surface area contributed by atoms with Crippen LogP contribution in [0.5, 0.6) is 0 Å². The van der Waals surface area contributed by atoms with Crippen LogP contribution in [0.3, 0.4) is 0 Å². The van der Waals surface area contributed by atoms with E-state index in [-0.39, 0.29) is 24.2 Å². The molecule has 0 spiro atoms. The van der Waals surface area contributed by atoms with Gasteiger partial charge in [0.1, 0.15) is 5.82 Å². The highest BCUT2D eigenvalue weighted by Crippen LogP contribution is 2.22. The molecule has 0 saturated carbocycles. The fraction of sp³-hybridized carbons (Fsp3) is 0.0952. The van der Waals surface area contributed by atoms with Gasteiger partial charge in [0, 0.05) is 4.47 Å². The molecule has 3 aromatic rings. The molecule has 1 amide bonds. The van der Waals surface area contributed by atoms with Crippen LogP contribution < -0.4 is 10.6 Å². The highest BCUT2D eigenvalue weighted by atomic mass is 79.9. The van der Waals surface area contributed by atoms with Gasteiger partial charge in [-0.25, -0.2) is 4.39 Å². The molecule has 3 nitrogen and oxygen atoms in total. The van der Waals surface area contributed by atoms with E-state index in [1.54, 1.807) is 6.07 Å². The van der Waals surface area contributed by atoms with Gasteiger partial charge in [0.05, 0.1) is 18.3 Å². The van der Waals surface area contributed by atoms with E-state index >= 15 is 0 Å². The number of hydrogen-bond donors (Lipinski definition) is 2. The van der Waals surface area contributed by atoms with Crippen LogP contribution >= 0.6 is 15.9 Å². The standard InChI is InChI=1S/C21H18BrFN2O/c22-17-11-12-19(18(23)13-17)25-20(26)14-24-21(15-7-3-1-4-8-15)16-9-5-2-6-10-16/h1-13,21,24H,14H2,(H,25,26). The zero-order chi connectivity index (χ0) is 18.4. The second-order valence-corrected chi connectivity index (χ2v) is 6.72. The smallest absolute Gasteiger partial charge is 0.238 e. The molecule has 0 aliphatic rings. The maximum absolute atomic E-state index is 13.9. The fourth-order valence-electron chi connectivity index (χ4n) is 2.70. The van der Waals surface area contributed by atoms with Crippen LogP contribution in [0.1, 0.15) is 17.2 Å². The summed E-state index contributed by atoms with van der Waals surface area (Å²) in [5.41, 5.74) is 2.28. The van der Waals surface area contributed by atoms with Crippen LogP contribution in [0.4, 0.5) is 10.1 Å². The van der Waals surface area contributed by atoms with Crippen LogP contribution in [-0.4, -0.2) is 12.5 Å². The van der Waals surface area contributed by atoms with Crippen molar-refractivity contribution >= 4 is 27.5 Å². The molecule has 0 radical (unpaired) electrons. The van der Waals surface area contributed by atoms with Gasteiger partial charge in [0.2, 0.25) is 5.91 Å². The Hall–Kier alpha value is -2.50. The minimum Gasteiger partial charge on any atom is -0.322 e. The van der Waals surface area contributed by atoms with Crippen molar-refractivity contribution in [2.75, 3.05) is 11.9 Å². The van der Waals surface area contributed by atoms with Crippen molar-refractivity contribution in [3.05, 3.63) is 100 Å². The maximum atomic E-state index is 13.9. The van der Waals surface area contributed by atoms with Gasteiger partial charge in [-0.1, -0.05) is 76.6 Å². The lowest BCUT2D eigenvalue weighted by atomic mass is 9.99. The largest absolute Gasteiger partial charge is 0.322 e. The number of nitrogens with one attached hydrogen (secondary N) is 2. The minimum atomic E-state index is -0.476. The van der Waals surface area contributed by atoms with E-state index in [1.807, 2.05) is 60.7 Å². The van der Waals surface area contributed by atoms with Crippen molar-refractivity contribution in [3.8, 4) is 0 Å². The fourth-order valence-corrected chi connectivity index (χ4v) is 3.03. The number of rotatable bonds is 6. The summed E-state index contributed by atoms with van der Waals surface area (Å²) in [5, 5.41) is 5.86. The van der Waals surface area contributed by atoms with E-state index in [4.69, 9.17) is 0 Å². The van der Waals surface area contributed by atoms with Crippen molar-refractivity contribution in [2.24, 2.45) is 0 Å². The Labute approximate surface area is 160 Å². The quantitative estimate of drug-likeness (QED) is 0.603. The predicted octanol–water partition coefficient (Wildman–Crippen LogP) is 4.91. The zero-order valence-electron chi connectivity index (χ0n) is 14.0. The first-order valence-electron chi connectivity index (χ1n) is 8.21. The third kappa shape index (κ3) is 4.77. The van der Waals surface area contributed by atoms with E-state index in [2.05, 4.69) is 26.6 Å². The lowest BCUT2D eigenvalue weighted by molar-refractivity contribution is -0.115. The van der Waals surface area contributed by atoms with Gasteiger partial charge >= 0.3 is 0 Å². The molecule has 0 fully saturated rings. The monoisotopic (exact) mass is 412 g/mol. The lowest BCUT2D eigenvalue weighted by Crippen LogP contribution is -2.32. The van der Waals surface area contributed by atoms with Gasteiger partial charge in [-0.05, 0) is 29.3 Å². The average Bonchev–Trinajstić information content (AvgIpc) is 2.66. The van der Waals surface area contributed by atoms with Crippen molar-refractivity contribution in [1.82, 2.24) is 5.32 Å². The molecule has 5 heteroatoms. The van der Waals surface area contributed by atoms with Gasteiger partial charge < -0.3 is 5.32 Å². The average molecular weight is 413 g/mol. The molecular formula is C21H18BrFN2O. The molecule has 0 heterocycles. The van der Waals surface area contributed by atoms with Crippen molar-refractivity contribution in [2.45, 2.75) is 6.04 Å². The van der Waals surface area contributed by atoms with E-state index in [0.29, 0.717) is 4.47 Å². The third-order valence-corrected chi connectivity index (χ3v) is 4.43. The Morgan fingerprint density at radius 1 is 0.923 bits per heavy atom. The molecule has 2 N–H and O–H groups in total. The van der Waals surface area contributed by atoms with Gasteiger partial charge in [0.15, 0.2) is 0 Å². The van der Waals surface area contributed by atoms with Gasteiger partial charge in [-0.15, -0.1) is 0 Å². The zero-order valence-corrected chi connectivity index (χ0v) is 15.5. The molecule has 0 aromatic heterocycles. The van der Waals surface area contributed by atoms with E-state index in [1.165, 1.54) is 12.1 Å². The lowest BCUT2D eigenvalue weighted by Gasteiger charge is -2.19. The molecule has 3 rings (SSSR count). The van der Waals surface area contributed by atoms with Gasteiger partial charge in [-0.2, -0.15) is 0 Å². The van der Waals surface area contributed by atoms with Crippen LogP contribution in [0, 0.1) is 5.82 Å². The first-order valence-corrected chi connectivity index (χ1v) is 9.01. The summed E-state index contributed by atoms with van der Waals surface area (Å²) < 4.78 is 14.5. The number of anilines is 1. The first kappa shape index (κ1) is 18.3. The van der Waals surface area contributed by atoms with Crippen LogP contribution in [-0.2, 0) is 4.79 Å². The molecule has 0 aliphatic carbocycles. The van der Waals surface area contributed by atoms with Crippen LogP contribution in [0.2, 0.25) is 0 Å². The predicted molar refractivity (Wildman–Crippen MR) is 105 cm³/mol. The molecule has 0 atom stereocenters. The second-order valence-electron chi connectivity index (χ2n) is 5.81. The van der Waals surface area contributed by atoms with Gasteiger partial charge in [0.25, 0.3) is 0 Å².